The van der Waals surface area contributed by atoms with Gasteiger partial charge >= 0.3 is 0 Å². The van der Waals surface area contributed by atoms with Crippen molar-refractivity contribution in [1.82, 2.24) is 9.66 Å². The van der Waals surface area contributed by atoms with E-state index in [1.165, 1.54) is 11.0 Å². The topological polar surface area (TPSA) is 132 Å². The predicted octanol–water partition coefficient (Wildman–Crippen LogP) is -0.723. The molecule has 0 aliphatic carbocycles. The molecular formula is C5H7N5O2. The van der Waals surface area contributed by atoms with Crippen LogP contribution in [0.5, 0.6) is 0 Å². The van der Waals surface area contributed by atoms with E-state index in [4.69, 9.17) is 26.6 Å². The van der Waals surface area contributed by atoms with Crippen molar-refractivity contribution in [3.05, 3.63) is 18.7 Å². The third-order valence-electron chi connectivity index (χ3n) is 0.525. The van der Waals surface area contributed by atoms with E-state index in [-0.39, 0.29) is 0 Å². The van der Waals surface area contributed by atoms with E-state index in [1.54, 1.807) is 12.4 Å². The molecule has 0 radical (unpaired) electrons. The summed E-state index contributed by atoms with van der Waals surface area (Å²) in [5, 5.41) is 27.5. The summed E-state index contributed by atoms with van der Waals surface area (Å²) in [5.41, 5.74) is 0. The highest BCUT2D eigenvalue weighted by atomic mass is 16.2. The number of nitrogens with zero attached hydrogens (tertiary/aromatic N) is 4. The molecule has 7 heteroatoms. The summed E-state index contributed by atoms with van der Waals surface area (Å²) in [7, 11) is 0. The van der Waals surface area contributed by atoms with Gasteiger partial charge in [0.15, 0.2) is 0 Å². The van der Waals surface area contributed by atoms with E-state index in [2.05, 4.69) is 4.98 Å². The summed E-state index contributed by atoms with van der Waals surface area (Å²) in [6.45, 7) is 0. The monoisotopic (exact) mass is 169 g/mol. The number of nitrogens with two attached hydrogens (primary N) is 1. The summed E-state index contributed by atoms with van der Waals surface area (Å²) >= 11 is 0. The fraction of sp³-hybridized carbons (Fsp3) is 0. The van der Waals surface area contributed by atoms with Gasteiger partial charge in [0.2, 0.25) is 0 Å². The van der Waals surface area contributed by atoms with Crippen LogP contribution in [0, 0.1) is 23.0 Å². The van der Waals surface area contributed by atoms with E-state index in [9.17, 15) is 0 Å². The van der Waals surface area contributed by atoms with Crippen LogP contribution < -0.4 is 5.84 Å². The number of aromatic nitrogens is 2. The smallest absolute Gasteiger partial charge is 0.283 e. The number of aliphatic hydroxyl groups is 2. The molecule has 0 aliphatic heterocycles. The van der Waals surface area contributed by atoms with Gasteiger partial charge < -0.3 is 16.1 Å². The highest BCUT2D eigenvalue weighted by Crippen LogP contribution is 1.69. The number of hydrogen-bond acceptors (Lipinski definition) is 6. The van der Waals surface area contributed by atoms with Crippen molar-refractivity contribution < 1.29 is 10.2 Å². The lowest BCUT2D eigenvalue weighted by atomic mass is 11.0. The lowest BCUT2D eigenvalue weighted by molar-refractivity contribution is 0.502. The van der Waals surface area contributed by atoms with Gasteiger partial charge in [-0.2, -0.15) is 10.5 Å². The first kappa shape index (κ1) is 12.3. The van der Waals surface area contributed by atoms with Gasteiger partial charge in [0, 0.05) is 12.4 Å². The summed E-state index contributed by atoms with van der Waals surface area (Å²) in [5.74, 6) is 5.13. The fourth-order valence-corrected chi connectivity index (χ4v) is 0.269. The van der Waals surface area contributed by atoms with Crippen LogP contribution in [0.2, 0.25) is 0 Å². The maximum absolute atomic E-state index is 6.88. The first-order chi connectivity index (χ1) is 5.72. The number of aliphatic hydroxyl groups excluding tert-OH is 2. The minimum atomic E-state index is 0.750. The number of nitrogen functional groups attached to an aromatic ring is 1. The lowest BCUT2D eigenvalue weighted by Gasteiger charge is -1.78. The molecule has 1 heterocycles. The number of hydrogen-bond donors (Lipinski definition) is 3. The summed E-state index contributed by atoms with van der Waals surface area (Å²) in [4.78, 5) is 3.66. The van der Waals surface area contributed by atoms with E-state index < -0.39 is 0 Å². The Labute approximate surface area is 68.5 Å². The minimum Gasteiger partial charge on any atom is -0.443 e. The van der Waals surface area contributed by atoms with Crippen molar-refractivity contribution in [3.8, 4) is 12.5 Å². The van der Waals surface area contributed by atoms with Gasteiger partial charge in [-0.1, -0.05) is 0 Å². The third kappa shape index (κ3) is 15.6. The molecule has 64 valence electrons. The second kappa shape index (κ2) is 11.4. The van der Waals surface area contributed by atoms with Crippen LogP contribution in [0.4, 0.5) is 0 Å². The Balaban J connectivity index is 0. The maximum atomic E-state index is 6.88. The molecule has 1 rings (SSSR count). The summed E-state index contributed by atoms with van der Waals surface area (Å²) in [6, 6.07) is 0. The van der Waals surface area contributed by atoms with Gasteiger partial charge in [-0.05, 0) is 0 Å². The molecule has 7 nitrogen and oxygen atoms in total. The standard InChI is InChI=1S/C3H5N3.2CHNO/c4-6-2-1-5-3-6;2*2-1-3/h1-3H,4H2;2*3H. The Morgan fingerprint density at radius 2 is 1.75 bits per heavy atom. The van der Waals surface area contributed by atoms with Crippen LogP contribution in [0.1, 0.15) is 0 Å². The van der Waals surface area contributed by atoms with Crippen molar-refractivity contribution in [2.24, 2.45) is 0 Å². The van der Waals surface area contributed by atoms with Crippen molar-refractivity contribution in [3.63, 3.8) is 0 Å². The van der Waals surface area contributed by atoms with Gasteiger partial charge in [0.1, 0.15) is 6.33 Å². The molecule has 0 saturated carbocycles. The van der Waals surface area contributed by atoms with Crippen molar-refractivity contribution >= 4 is 0 Å². The first-order valence-corrected chi connectivity index (χ1v) is 2.52. The molecule has 0 aliphatic rings. The Bertz CT molecular complexity index is 232. The van der Waals surface area contributed by atoms with Crippen LogP contribution in [0.3, 0.4) is 0 Å². The largest absolute Gasteiger partial charge is 0.443 e. The van der Waals surface area contributed by atoms with Crippen LogP contribution in [-0.2, 0) is 0 Å². The lowest BCUT2D eigenvalue weighted by Crippen LogP contribution is -2.02. The SMILES string of the molecule is N#CO.N#CO.Nn1ccnc1. The highest BCUT2D eigenvalue weighted by Gasteiger charge is 1.69. The zero-order valence-corrected chi connectivity index (χ0v) is 5.99. The molecule has 0 atom stereocenters. The quantitative estimate of drug-likeness (QED) is 0.346. The predicted molar refractivity (Wildman–Crippen MR) is 37.5 cm³/mol. The van der Waals surface area contributed by atoms with E-state index in [1.807, 2.05) is 0 Å². The Morgan fingerprint density at radius 3 is 1.83 bits per heavy atom. The fourth-order valence-electron chi connectivity index (χ4n) is 0.269. The maximum Gasteiger partial charge on any atom is 0.283 e. The zero-order chi connectivity index (χ0) is 9.82. The van der Waals surface area contributed by atoms with Gasteiger partial charge in [-0.3, -0.25) is 4.68 Å². The van der Waals surface area contributed by atoms with Crippen LogP contribution >= 0.6 is 0 Å². The van der Waals surface area contributed by atoms with Crippen molar-refractivity contribution in [1.29, 1.82) is 10.5 Å². The van der Waals surface area contributed by atoms with Crippen LogP contribution in [-0.4, -0.2) is 19.9 Å². The Morgan fingerprint density at radius 1 is 1.33 bits per heavy atom. The second-order valence-electron chi connectivity index (χ2n) is 1.21. The molecule has 0 saturated heterocycles. The Hall–Kier alpha value is -2.41. The summed E-state index contributed by atoms with van der Waals surface area (Å²) < 4.78 is 1.39. The third-order valence-corrected chi connectivity index (χ3v) is 0.525. The zero-order valence-electron chi connectivity index (χ0n) is 5.99. The molecule has 0 fully saturated rings. The minimum absolute atomic E-state index is 0.750. The molecule has 0 amide bonds. The second-order valence-corrected chi connectivity index (χ2v) is 1.21. The van der Waals surface area contributed by atoms with Gasteiger partial charge in [0.25, 0.3) is 12.5 Å². The molecular weight excluding hydrogens is 162 g/mol. The van der Waals surface area contributed by atoms with E-state index >= 15 is 0 Å². The Kier molecular flexibility index (Phi) is 11.7. The molecule has 0 aromatic carbocycles. The van der Waals surface area contributed by atoms with Crippen molar-refractivity contribution in [2.75, 3.05) is 5.84 Å². The molecule has 4 N–H and O–H groups in total. The van der Waals surface area contributed by atoms with Gasteiger partial charge in [-0.25, -0.2) is 4.98 Å². The molecule has 0 unspecified atom stereocenters. The molecule has 1 aromatic heterocycles. The van der Waals surface area contributed by atoms with Gasteiger partial charge in [-0.15, -0.1) is 0 Å². The normalized spacial score (nSPS) is 5.50. The number of nitriles is 2. The average Bonchev–Trinajstić information content (AvgIpc) is 2.43. The average molecular weight is 169 g/mol. The van der Waals surface area contributed by atoms with E-state index in [0.29, 0.717) is 0 Å². The number of imidazole rings is 1. The molecule has 0 bridgehead atoms. The molecule has 12 heavy (non-hydrogen) atoms. The van der Waals surface area contributed by atoms with Crippen molar-refractivity contribution in [2.45, 2.75) is 0 Å². The van der Waals surface area contributed by atoms with Gasteiger partial charge in [0.05, 0.1) is 0 Å². The van der Waals surface area contributed by atoms with Crippen LogP contribution in [0.25, 0.3) is 0 Å². The number of rotatable bonds is 0. The molecule has 1 aromatic rings. The molecule has 0 spiro atoms. The summed E-state index contributed by atoms with van der Waals surface area (Å²) in [6.07, 6.45) is 6.32. The van der Waals surface area contributed by atoms with Crippen LogP contribution in [0.15, 0.2) is 18.7 Å². The first-order valence-electron chi connectivity index (χ1n) is 2.52. The van der Waals surface area contributed by atoms with E-state index in [0.717, 1.165) is 12.5 Å². The highest BCUT2D eigenvalue weighted by molar-refractivity contribution is 4.71.